The standard InChI is InChI=1S/C27H32N8O2/c1-34-11-13-35(14-12-34)23-4-6-25(33-27(23)36-2)32-26-16-22(30-18-31-26)19-3-5-24(20(15-19)17-28)37-21-7-9-29-10-8-21/h3-6,15-16,18,21,29H,7-14H2,1-2H3,(H,30,31,32,33). The van der Waals surface area contributed by atoms with Gasteiger partial charge >= 0.3 is 0 Å². The Labute approximate surface area is 217 Å². The van der Waals surface area contributed by atoms with Gasteiger partial charge in [0.05, 0.1) is 18.4 Å². The molecule has 192 valence electrons. The zero-order chi connectivity index (χ0) is 25.6. The van der Waals surface area contributed by atoms with E-state index in [1.54, 1.807) is 7.11 Å². The maximum absolute atomic E-state index is 9.73. The second-order valence-electron chi connectivity index (χ2n) is 9.32. The number of rotatable bonds is 7. The normalized spacial score (nSPS) is 16.7. The molecular formula is C27H32N8O2. The van der Waals surface area contributed by atoms with Crippen molar-refractivity contribution >= 4 is 17.3 Å². The van der Waals surface area contributed by atoms with Crippen molar-refractivity contribution in [3.8, 4) is 29.0 Å². The lowest BCUT2D eigenvalue weighted by Gasteiger charge is -2.34. The van der Waals surface area contributed by atoms with E-state index in [0.29, 0.717) is 34.5 Å². The van der Waals surface area contributed by atoms with E-state index in [4.69, 9.17) is 9.47 Å². The van der Waals surface area contributed by atoms with Crippen molar-refractivity contribution in [3.63, 3.8) is 0 Å². The summed E-state index contributed by atoms with van der Waals surface area (Å²) in [6.07, 6.45) is 3.49. The maximum atomic E-state index is 9.73. The van der Waals surface area contributed by atoms with Gasteiger partial charge in [-0.05, 0) is 63.3 Å². The van der Waals surface area contributed by atoms with Crippen LogP contribution in [-0.4, -0.2) is 79.4 Å². The predicted octanol–water partition coefficient (Wildman–Crippen LogP) is 3.05. The average Bonchev–Trinajstić information content (AvgIpc) is 2.94. The number of ether oxygens (including phenoxy) is 2. The lowest BCUT2D eigenvalue weighted by atomic mass is 10.1. The van der Waals surface area contributed by atoms with E-state index in [0.717, 1.165) is 63.4 Å². The van der Waals surface area contributed by atoms with E-state index in [9.17, 15) is 5.26 Å². The van der Waals surface area contributed by atoms with Crippen molar-refractivity contribution in [2.45, 2.75) is 18.9 Å². The molecular weight excluding hydrogens is 468 g/mol. The molecule has 0 unspecified atom stereocenters. The quantitative estimate of drug-likeness (QED) is 0.502. The molecule has 0 saturated carbocycles. The summed E-state index contributed by atoms with van der Waals surface area (Å²) in [4.78, 5) is 18.1. The predicted molar refractivity (Wildman–Crippen MR) is 142 cm³/mol. The zero-order valence-corrected chi connectivity index (χ0v) is 21.3. The first-order valence-electron chi connectivity index (χ1n) is 12.6. The van der Waals surface area contributed by atoms with Crippen LogP contribution >= 0.6 is 0 Å². The fraction of sp³-hybridized carbons (Fsp3) is 0.407. The SMILES string of the molecule is COc1nc(Nc2cc(-c3ccc(OC4CCNCC4)c(C#N)c3)ncn2)ccc1N1CCN(C)CC1. The van der Waals surface area contributed by atoms with Gasteiger partial charge in [0.15, 0.2) is 0 Å². The van der Waals surface area contributed by atoms with Crippen LogP contribution < -0.4 is 25.0 Å². The zero-order valence-electron chi connectivity index (χ0n) is 21.3. The Bertz CT molecular complexity index is 1260. The summed E-state index contributed by atoms with van der Waals surface area (Å²) in [6, 6.07) is 13.7. The minimum atomic E-state index is 0.126. The molecule has 10 nitrogen and oxygen atoms in total. The second-order valence-corrected chi connectivity index (χ2v) is 9.32. The monoisotopic (exact) mass is 500 g/mol. The van der Waals surface area contributed by atoms with Crippen molar-refractivity contribution in [2.75, 3.05) is 63.6 Å². The number of anilines is 3. The van der Waals surface area contributed by atoms with E-state index in [1.165, 1.54) is 6.33 Å². The van der Waals surface area contributed by atoms with Gasteiger partial charge in [-0.3, -0.25) is 0 Å². The first-order chi connectivity index (χ1) is 18.1. The third-order valence-corrected chi connectivity index (χ3v) is 6.78. The molecule has 0 atom stereocenters. The van der Waals surface area contributed by atoms with Crippen LogP contribution in [0.15, 0.2) is 42.7 Å². The van der Waals surface area contributed by atoms with Gasteiger partial charge in [-0.2, -0.15) is 10.2 Å². The van der Waals surface area contributed by atoms with E-state index in [2.05, 4.69) is 48.5 Å². The number of methoxy groups -OCH3 is 1. The topological polar surface area (TPSA) is 111 Å². The average molecular weight is 501 g/mol. The third-order valence-electron chi connectivity index (χ3n) is 6.78. The van der Waals surface area contributed by atoms with Crippen LogP contribution in [0.1, 0.15) is 18.4 Å². The summed E-state index contributed by atoms with van der Waals surface area (Å²) in [6.45, 7) is 5.74. The van der Waals surface area contributed by atoms with Gasteiger partial charge in [-0.25, -0.2) is 9.97 Å². The summed E-state index contributed by atoms with van der Waals surface area (Å²) >= 11 is 0. The van der Waals surface area contributed by atoms with Gasteiger partial charge in [0.25, 0.3) is 0 Å². The molecule has 2 N–H and O–H groups in total. The minimum Gasteiger partial charge on any atom is -0.489 e. The number of hydrogen-bond donors (Lipinski definition) is 2. The Balaban J connectivity index is 1.32. The van der Waals surface area contributed by atoms with Crippen LogP contribution in [0.25, 0.3) is 11.3 Å². The molecule has 0 radical (unpaired) electrons. The third kappa shape index (κ3) is 5.90. The smallest absolute Gasteiger partial charge is 0.239 e. The van der Waals surface area contributed by atoms with Gasteiger partial charge in [-0.1, -0.05) is 0 Å². The van der Waals surface area contributed by atoms with Crippen LogP contribution in [0.2, 0.25) is 0 Å². The number of likely N-dealkylation sites (N-methyl/N-ethyl adjacent to an activating group) is 1. The summed E-state index contributed by atoms with van der Waals surface area (Å²) in [5.74, 6) is 2.41. The van der Waals surface area contributed by atoms with E-state index in [-0.39, 0.29) is 6.10 Å². The number of benzene rings is 1. The second kappa shape index (κ2) is 11.4. The number of hydrogen-bond acceptors (Lipinski definition) is 10. The molecule has 0 aliphatic carbocycles. The van der Waals surface area contributed by atoms with Crippen molar-refractivity contribution < 1.29 is 9.47 Å². The van der Waals surface area contributed by atoms with Crippen LogP contribution in [0.3, 0.4) is 0 Å². The summed E-state index contributed by atoms with van der Waals surface area (Å²) < 4.78 is 11.7. The van der Waals surface area contributed by atoms with E-state index >= 15 is 0 Å². The Morgan fingerprint density at radius 3 is 2.59 bits per heavy atom. The first-order valence-corrected chi connectivity index (χ1v) is 12.6. The van der Waals surface area contributed by atoms with Crippen molar-refractivity contribution in [1.82, 2.24) is 25.2 Å². The highest BCUT2D eigenvalue weighted by Gasteiger charge is 2.20. The molecule has 4 heterocycles. The van der Waals surface area contributed by atoms with E-state index in [1.807, 2.05) is 36.4 Å². The summed E-state index contributed by atoms with van der Waals surface area (Å²) in [5, 5.41) is 16.3. The Hall–Kier alpha value is -3.94. The van der Waals surface area contributed by atoms with Crippen molar-refractivity contribution in [2.24, 2.45) is 0 Å². The Morgan fingerprint density at radius 1 is 1.03 bits per heavy atom. The highest BCUT2D eigenvalue weighted by molar-refractivity contribution is 5.68. The number of nitriles is 1. The minimum absolute atomic E-state index is 0.126. The van der Waals surface area contributed by atoms with Crippen LogP contribution in [0.4, 0.5) is 17.3 Å². The van der Waals surface area contributed by atoms with Gasteiger partial charge in [0, 0.05) is 37.8 Å². The fourth-order valence-corrected chi connectivity index (χ4v) is 4.63. The molecule has 2 aromatic heterocycles. The Kier molecular flexibility index (Phi) is 7.63. The fourth-order valence-electron chi connectivity index (χ4n) is 4.63. The van der Waals surface area contributed by atoms with E-state index < -0.39 is 0 Å². The summed E-state index contributed by atoms with van der Waals surface area (Å²) in [5.41, 5.74) is 2.99. The largest absolute Gasteiger partial charge is 0.489 e. The summed E-state index contributed by atoms with van der Waals surface area (Å²) in [7, 11) is 3.77. The van der Waals surface area contributed by atoms with Gasteiger partial charge in [0.1, 0.15) is 41.6 Å². The molecule has 3 aromatic rings. The number of piperazine rings is 1. The van der Waals surface area contributed by atoms with Crippen LogP contribution in [0, 0.1) is 11.3 Å². The molecule has 37 heavy (non-hydrogen) atoms. The molecule has 5 rings (SSSR count). The molecule has 2 fully saturated rings. The molecule has 2 aliphatic heterocycles. The van der Waals surface area contributed by atoms with Crippen molar-refractivity contribution in [3.05, 3.63) is 48.3 Å². The Morgan fingerprint density at radius 2 is 1.84 bits per heavy atom. The molecule has 0 spiro atoms. The highest BCUT2D eigenvalue weighted by atomic mass is 16.5. The molecule has 0 amide bonds. The number of piperidine rings is 1. The molecule has 0 bridgehead atoms. The lowest BCUT2D eigenvalue weighted by Crippen LogP contribution is -2.44. The molecule has 2 aliphatic rings. The highest BCUT2D eigenvalue weighted by Crippen LogP contribution is 2.31. The van der Waals surface area contributed by atoms with Crippen LogP contribution in [-0.2, 0) is 0 Å². The van der Waals surface area contributed by atoms with Crippen LogP contribution in [0.5, 0.6) is 11.6 Å². The number of nitrogens with one attached hydrogen (secondary N) is 2. The van der Waals surface area contributed by atoms with Gasteiger partial charge in [0.2, 0.25) is 5.88 Å². The number of nitrogens with zero attached hydrogens (tertiary/aromatic N) is 6. The lowest BCUT2D eigenvalue weighted by molar-refractivity contribution is 0.162. The molecule has 10 heteroatoms. The number of pyridine rings is 1. The molecule has 1 aromatic carbocycles. The first kappa shape index (κ1) is 24.7. The maximum Gasteiger partial charge on any atom is 0.239 e. The van der Waals surface area contributed by atoms with Gasteiger partial charge in [-0.15, -0.1) is 0 Å². The number of aromatic nitrogens is 3. The van der Waals surface area contributed by atoms with Crippen molar-refractivity contribution in [1.29, 1.82) is 5.26 Å². The molecule has 2 saturated heterocycles. The van der Waals surface area contributed by atoms with Gasteiger partial charge < -0.3 is 29.9 Å².